The van der Waals surface area contributed by atoms with Crippen molar-refractivity contribution in [2.24, 2.45) is 5.92 Å². The minimum atomic E-state index is -0.509. The molecule has 11 nitrogen and oxygen atoms in total. The normalized spacial score (nSPS) is 14.5. The first-order chi connectivity index (χ1) is 16.5. The number of nitrogens with zero attached hydrogens (tertiary/aromatic N) is 4. The number of rotatable bonds is 8. The van der Waals surface area contributed by atoms with Gasteiger partial charge in [-0.3, -0.25) is 19.8 Å². The molecule has 11 heteroatoms. The highest BCUT2D eigenvalue weighted by atomic mass is 16.6. The first-order valence-electron chi connectivity index (χ1n) is 10.8. The van der Waals surface area contributed by atoms with Gasteiger partial charge in [-0.2, -0.15) is 4.98 Å². The summed E-state index contributed by atoms with van der Waals surface area (Å²) < 4.78 is 15.8. The molecular weight excluding hydrogens is 442 g/mol. The molecule has 0 spiro atoms. The molecule has 4 rings (SSSR count). The summed E-state index contributed by atoms with van der Waals surface area (Å²) in [6, 6.07) is 11.5. The monoisotopic (exact) mass is 467 g/mol. The number of piperidine rings is 1. The first-order valence-corrected chi connectivity index (χ1v) is 10.8. The minimum Gasteiger partial charge on any atom is -0.497 e. The van der Waals surface area contributed by atoms with E-state index in [1.54, 1.807) is 7.11 Å². The predicted molar refractivity (Wildman–Crippen MR) is 123 cm³/mol. The zero-order valence-corrected chi connectivity index (χ0v) is 18.9. The lowest BCUT2D eigenvalue weighted by Crippen LogP contribution is -2.37. The van der Waals surface area contributed by atoms with E-state index in [1.807, 2.05) is 24.3 Å². The van der Waals surface area contributed by atoms with Crippen molar-refractivity contribution in [1.82, 2.24) is 15.0 Å². The second-order valence-electron chi connectivity index (χ2n) is 7.92. The van der Waals surface area contributed by atoms with Crippen LogP contribution in [0.5, 0.6) is 11.5 Å². The number of amides is 1. The number of anilines is 1. The number of nitro benzene ring substituents is 1. The van der Waals surface area contributed by atoms with E-state index in [1.165, 1.54) is 25.3 Å². The van der Waals surface area contributed by atoms with Gasteiger partial charge in [0.25, 0.3) is 5.69 Å². The van der Waals surface area contributed by atoms with Gasteiger partial charge in [0.05, 0.1) is 31.4 Å². The molecule has 2 heterocycles. The molecule has 1 aliphatic rings. The molecule has 0 bridgehead atoms. The summed E-state index contributed by atoms with van der Waals surface area (Å²) in [5.74, 6) is 1.76. The summed E-state index contributed by atoms with van der Waals surface area (Å²) in [5, 5.41) is 17.9. The molecule has 34 heavy (non-hydrogen) atoms. The molecule has 3 aromatic rings. The number of ether oxygens (including phenoxy) is 2. The number of benzene rings is 2. The second kappa shape index (κ2) is 10.3. The summed E-state index contributed by atoms with van der Waals surface area (Å²) in [6.07, 6.45) is 1.28. The molecule has 0 aliphatic carbocycles. The SMILES string of the molecule is COc1ccc(-c2noc(CN3CCC(C(=O)Nc4cc([N+](=O)[O-])ccc4OC)CC3)n2)cc1. The molecule has 0 saturated carbocycles. The summed E-state index contributed by atoms with van der Waals surface area (Å²) in [7, 11) is 3.06. The third-order valence-corrected chi connectivity index (χ3v) is 5.79. The van der Waals surface area contributed by atoms with Crippen molar-refractivity contribution < 1.29 is 23.7 Å². The minimum absolute atomic E-state index is 0.112. The highest BCUT2D eigenvalue weighted by molar-refractivity contribution is 5.94. The fraction of sp³-hybridized carbons (Fsp3) is 0.348. The molecule has 0 radical (unpaired) electrons. The van der Waals surface area contributed by atoms with Gasteiger partial charge >= 0.3 is 0 Å². The van der Waals surface area contributed by atoms with Crippen LogP contribution in [0.1, 0.15) is 18.7 Å². The van der Waals surface area contributed by atoms with Gasteiger partial charge in [0.2, 0.25) is 17.6 Å². The maximum atomic E-state index is 12.8. The quantitative estimate of drug-likeness (QED) is 0.390. The van der Waals surface area contributed by atoms with Crippen LogP contribution in [-0.4, -0.2) is 53.2 Å². The maximum absolute atomic E-state index is 12.8. The Morgan fingerprint density at radius 1 is 1.18 bits per heavy atom. The molecule has 1 fully saturated rings. The molecule has 1 aromatic heterocycles. The number of carbonyl (C=O) groups is 1. The van der Waals surface area contributed by atoms with E-state index in [0.717, 1.165) is 11.3 Å². The first kappa shape index (κ1) is 23.2. The Bertz CT molecular complexity index is 1150. The Morgan fingerprint density at radius 2 is 1.91 bits per heavy atom. The number of non-ortho nitro benzene ring substituents is 1. The van der Waals surface area contributed by atoms with Crippen LogP contribution in [0.2, 0.25) is 0 Å². The van der Waals surface area contributed by atoms with E-state index in [-0.39, 0.29) is 17.5 Å². The molecule has 1 aliphatic heterocycles. The van der Waals surface area contributed by atoms with E-state index in [9.17, 15) is 14.9 Å². The third kappa shape index (κ3) is 5.31. The number of likely N-dealkylation sites (tertiary alicyclic amines) is 1. The smallest absolute Gasteiger partial charge is 0.271 e. The van der Waals surface area contributed by atoms with E-state index in [2.05, 4.69) is 20.4 Å². The van der Waals surface area contributed by atoms with Crippen LogP contribution in [0, 0.1) is 16.0 Å². The second-order valence-corrected chi connectivity index (χ2v) is 7.92. The Kier molecular flexibility index (Phi) is 7.02. The zero-order valence-electron chi connectivity index (χ0n) is 18.9. The summed E-state index contributed by atoms with van der Waals surface area (Å²) >= 11 is 0. The largest absolute Gasteiger partial charge is 0.497 e. The van der Waals surface area contributed by atoms with Gasteiger partial charge < -0.3 is 19.3 Å². The van der Waals surface area contributed by atoms with Crippen LogP contribution in [0.4, 0.5) is 11.4 Å². The Hall–Kier alpha value is -3.99. The lowest BCUT2D eigenvalue weighted by Gasteiger charge is -2.30. The summed E-state index contributed by atoms with van der Waals surface area (Å²) in [5.41, 5.74) is 1.02. The standard InChI is InChI=1S/C23H25N5O6/c1-32-18-6-3-15(4-7-18)22-25-21(34-26-22)14-27-11-9-16(10-12-27)23(29)24-19-13-17(28(30)31)5-8-20(19)33-2/h3-8,13,16H,9-12,14H2,1-2H3,(H,24,29). The lowest BCUT2D eigenvalue weighted by atomic mass is 9.95. The van der Waals surface area contributed by atoms with E-state index in [0.29, 0.717) is 55.6 Å². The molecule has 178 valence electrons. The van der Waals surface area contributed by atoms with Gasteiger partial charge in [-0.1, -0.05) is 5.16 Å². The molecule has 1 amide bonds. The molecule has 2 aromatic carbocycles. The maximum Gasteiger partial charge on any atom is 0.271 e. The highest BCUT2D eigenvalue weighted by Crippen LogP contribution is 2.30. The van der Waals surface area contributed by atoms with Crippen molar-refractivity contribution >= 4 is 17.3 Å². The van der Waals surface area contributed by atoms with Gasteiger partial charge in [-0.05, 0) is 56.3 Å². The topological polar surface area (TPSA) is 133 Å². The van der Waals surface area contributed by atoms with Crippen LogP contribution < -0.4 is 14.8 Å². The van der Waals surface area contributed by atoms with Crippen molar-refractivity contribution in [3.05, 3.63) is 58.5 Å². The van der Waals surface area contributed by atoms with Crippen molar-refractivity contribution in [3.63, 3.8) is 0 Å². The fourth-order valence-corrected chi connectivity index (χ4v) is 3.86. The number of methoxy groups -OCH3 is 2. The average Bonchev–Trinajstić information content (AvgIpc) is 3.32. The van der Waals surface area contributed by atoms with Crippen molar-refractivity contribution in [1.29, 1.82) is 0 Å². The number of nitrogens with one attached hydrogen (secondary N) is 1. The van der Waals surface area contributed by atoms with Gasteiger partial charge in [-0.15, -0.1) is 0 Å². The number of hydrogen-bond donors (Lipinski definition) is 1. The van der Waals surface area contributed by atoms with Gasteiger partial charge in [0.1, 0.15) is 11.5 Å². The Balaban J connectivity index is 1.31. The van der Waals surface area contributed by atoms with Crippen molar-refractivity contribution in [3.8, 4) is 22.9 Å². The molecular formula is C23H25N5O6. The van der Waals surface area contributed by atoms with E-state index >= 15 is 0 Å². The average molecular weight is 467 g/mol. The molecule has 0 atom stereocenters. The predicted octanol–water partition coefficient (Wildman–Crippen LogP) is 3.51. The van der Waals surface area contributed by atoms with Gasteiger partial charge in [-0.25, -0.2) is 0 Å². The van der Waals surface area contributed by atoms with Gasteiger partial charge in [0.15, 0.2) is 0 Å². The van der Waals surface area contributed by atoms with Crippen LogP contribution in [0.25, 0.3) is 11.4 Å². The van der Waals surface area contributed by atoms with E-state index < -0.39 is 4.92 Å². The van der Waals surface area contributed by atoms with Crippen LogP contribution in [-0.2, 0) is 11.3 Å². The summed E-state index contributed by atoms with van der Waals surface area (Å²) in [4.78, 5) is 30.0. The fourth-order valence-electron chi connectivity index (χ4n) is 3.86. The number of nitro groups is 1. The number of aromatic nitrogens is 2. The highest BCUT2D eigenvalue weighted by Gasteiger charge is 2.27. The summed E-state index contributed by atoms with van der Waals surface area (Å²) in [6.45, 7) is 1.87. The third-order valence-electron chi connectivity index (χ3n) is 5.79. The van der Waals surface area contributed by atoms with Crippen molar-refractivity contribution in [2.75, 3.05) is 32.6 Å². The molecule has 1 N–H and O–H groups in total. The van der Waals surface area contributed by atoms with Gasteiger partial charge in [0, 0.05) is 23.6 Å². The molecule has 1 saturated heterocycles. The number of carbonyl (C=O) groups excluding carboxylic acids is 1. The Labute approximate surface area is 195 Å². The van der Waals surface area contributed by atoms with Crippen LogP contribution in [0.3, 0.4) is 0 Å². The molecule has 0 unspecified atom stereocenters. The van der Waals surface area contributed by atoms with Crippen molar-refractivity contribution in [2.45, 2.75) is 19.4 Å². The van der Waals surface area contributed by atoms with Crippen LogP contribution >= 0.6 is 0 Å². The number of hydrogen-bond acceptors (Lipinski definition) is 9. The van der Waals surface area contributed by atoms with E-state index in [4.69, 9.17) is 14.0 Å². The Morgan fingerprint density at radius 3 is 2.56 bits per heavy atom. The van der Waals surface area contributed by atoms with Crippen LogP contribution in [0.15, 0.2) is 47.0 Å². The zero-order chi connectivity index (χ0) is 24.1. The lowest BCUT2D eigenvalue weighted by molar-refractivity contribution is -0.384.